The normalized spacial score (nSPS) is 10.8. The summed E-state index contributed by atoms with van der Waals surface area (Å²) in [4.78, 5) is 15.5. The second-order valence-electron chi connectivity index (χ2n) is 6.81. The highest BCUT2D eigenvalue weighted by Crippen LogP contribution is 2.36. The molecule has 0 unspecified atom stereocenters. The van der Waals surface area contributed by atoms with Gasteiger partial charge in [-0.15, -0.1) is 21.6 Å². The number of thiophene rings is 1. The first-order valence-electron chi connectivity index (χ1n) is 9.94. The minimum Gasteiger partial charge on any atom is -0.395 e. The molecule has 0 fully saturated rings. The van der Waals surface area contributed by atoms with Gasteiger partial charge in [0, 0.05) is 34.4 Å². The van der Waals surface area contributed by atoms with Crippen molar-refractivity contribution in [2.24, 2.45) is 10.2 Å². The summed E-state index contributed by atoms with van der Waals surface area (Å²) in [5.74, 6) is -0.382. The molecule has 7 nitrogen and oxygen atoms in total. The van der Waals surface area contributed by atoms with Crippen molar-refractivity contribution in [2.45, 2.75) is 13.8 Å². The molecule has 1 amide bonds. The molecule has 0 saturated carbocycles. The average Bonchev–Trinajstić information content (AvgIpc) is 3.13. The molecule has 32 heavy (non-hydrogen) atoms. The zero-order valence-corrected chi connectivity index (χ0v) is 19.2. The van der Waals surface area contributed by atoms with E-state index in [1.807, 2.05) is 36.1 Å². The quantitative estimate of drug-likeness (QED) is 0.392. The number of carbonyl (C=O) groups excluding carboxylic acids is 1. The van der Waals surface area contributed by atoms with Gasteiger partial charge >= 0.3 is 0 Å². The van der Waals surface area contributed by atoms with Crippen molar-refractivity contribution in [3.8, 4) is 6.07 Å². The summed E-state index contributed by atoms with van der Waals surface area (Å²) in [7, 11) is 0. The molecule has 3 rings (SSSR count). The Kier molecular flexibility index (Phi) is 7.95. The minimum atomic E-state index is -0.382. The van der Waals surface area contributed by atoms with Gasteiger partial charge in [0.2, 0.25) is 0 Å². The molecule has 1 aromatic heterocycles. The Morgan fingerprint density at radius 2 is 1.88 bits per heavy atom. The van der Waals surface area contributed by atoms with E-state index in [9.17, 15) is 10.1 Å². The summed E-state index contributed by atoms with van der Waals surface area (Å²) < 4.78 is 0. The van der Waals surface area contributed by atoms with Crippen LogP contribution in [0, 0.1) is 18.3 Å². The van der Waals surface area contributed by atoms with Crippen LogP contribution in [0.25, 0.3) is 0 Å². The third-order valence-electron chi connectivity index (χ3n) is 4.73. The largest absolute Gasteiger partial charge is 0.395 e. The Hall–Kier alpha value is -3.25. The van der Waals surface area contributed by atoms with Crippen LogP contribution in [0.1, 0.15) is 27.7 Å². The SMILES string of the molecule is CCN(CCO)c1ccc(N=Nc2sc(C)c(C(=O)Nc3ccc(Cl)cc3)c2C#N)cc1. The van der Waals surface area contributed by atoms with E-state index in [4.69, 9.17) is 16.7 Å². The van der Waals surface area contributed by atoms with Gasteiger partial charge in [0.05, 0.1) is 17.9 Å². The van der Waals surface area contributed by atoms with E-state index in [1.54, 1.807) is 31.2 Å². The highest BCUT2D eigenvalue weighted by molar-refractivity contribution is 7.16. The number of likely N-dealkylation sites (N-methyl/N-ethyl adjacent to an activating group) is 1. The van der Waals surface area contributed by atoms with Crippen LogP contribution in [0.3, 0.4) is 0 Å². The second kappa shape index (κ2) is 10.9. The van der Waals surface area contributed by atoms with Crippen LogP contribution in [0.4, 0.5) is 22.1 Å². The summed E-state index contributed by atoms with van der Waals surface area (Å²) in [6.07, 6.45) is 0. The number of aryl methyl sites for hydroxylation is 1. The Morgan fingerprint density at radius 1 is 1.19 bits per heavy atom. The number of amides is 1. The molecule has 2 aromatic carbocycles. The van der Waals surface area contributed by atoms with Gasteiger partial charge in [0.1, 0.15) is 11.6 Å². The molecule has 0 aliphatic heterocycles. The van der Waals surface area contributed by atoms with Gasteiger partial charge in [-0.1, -0.05) is 11.6 Å². The fourth-order valence-electron chi connectivity index (χ4n) is 3.13. The van der Waals surface area contributed by atoms with Gasteiger partial charge in [0.15, 0.2) is 5.00 Å². The smallest absolute Gasteiger partial charge is 0.258 e. The number of nitrogens with one attached hydrogen (secondary N) is 1. The summed E-state index contributed by atoms with van der Waals surface area (Å²) >= 11 is 7.13. The molecular formula is C23H22ClN5O2S. The second-order valence-corrected chi connectivity index (χ2v) is 8.45. The fourth-order valence-corrected chi connectivity index (χ4v) is 4.17. The zero-order chi connectivity index (χ0) is 23.1. The lowest BCUT2D eigenvalue weighted by Crippen LogP contribution is -2.25. The van der Waals surface area contributed by atoms with Crippen LogP contribution in [0.2, 0.25) is 5.02 Å². The lowest BCUT2D eigenvalue weighted by atomic mass is 10.1. The van der Waals surface area contributed by atoms with E-state index in [-0.39, 0.29) is 18.1 Å². The summed E-state index contributed by atoms with van der Waals surface area (Å²) in [5.41, 5.74) is 2.67. The Labute approximate surface area is 195 Å². The lowest BCUT2D eigenvalue weighted by molar-refractivity contribution is 0.102. The number of halogens is 1. The van der Waals surface area contributed by atoms with Crippen molar-refractivity contribution >= 4 is 50.9 Å². The molecule has 0 aliphatic rings. The van der Waals surface area contributed by atoms with Crippen molar-refractivity contribution in [1.82, 2.24) is 0 Å². The number of aliphatic hydroxyl groups excluding tert-OH is 1. The number of rotatable bonds is 8. The maximum Gasteiger partial charge on any atom is 0.258 e. The standard InChI is InChI=1S/C23H22ClN5O2S/c1-3-29(12-13-30)19-10-8-18(9-11-19)27-28-23-20(14-25)21(15(2)32-23)22(31)26-17-6-4-16(24)5-7-17/h4-11,30H,3,12-13H2,1-2H3,(H,26,31). The minimum absolute atomic E-state index is 0.0812. The van der Waals surface area contributed by atoms with Gasteiger partial charge in [-0.05, 0) is 62.4 Å². The molecule has 2 N–H and O–H groups in total. The highest BCUT2D eigenvalue weighted by Gasteiger charge is 2.22. The van der Waals surface area contributed by atoms with Crippen LogP contribution < -0.4 is 10.2 Å². The van der Waals surface area contributed by atoms with Gasteiger partial charge in [-0.2, -0.15) is 5.26 Å². The van der Waals surface area contributed by atoms with Crippen molar-refractivity contribution < 1.29 is 9.90 Å². The lowest BCUT2D eigenvalue weighted by Gasteiger charge is -2.21. The van der Waals surface area contributed by atoms with Crippen LogP contribution in [0.5, 0.6) is 0 Å². The number of nitrogens with zero attached hydrogens (tertiary/aromatic N) is 4. The number of hydrogen-bond acceptors (Lipinski definition) is 7. The molecule has 164 valence electrons. The van der Waals surface area contributed by atoms with Crippen LogP contribution in [-0.4, -0.2) is 30.7 Å². The van der Waals surface area contributed by atoms with E-state index < -0.39 is 0 Å². The number of anilines is 2. The molecule has 1 heterocycles. The number of azo groups is 1. The maximum atomic E-state index is 12.8. The van der Waals surface area contributed by atoms with E-state index in [2.05, 4.69) is 21.6 Å². The number of benzene rings is 2. The predicted octanol–water partition coefficient (Wildman–Crippen LogP) is 6.07. The van der Waals surface area contributed by atoms with Crippen molar-refractivity contribution in [3.05, 3.63) is 69.6 Å². The molecule has 0 saturated heterocycles. The Bertz CT molecular complexity index is 1150. The first kappa shape index (κ1) is 23.4. The highest BCUT2D eigenvalue weighted by atomic mass is 35.5. The number of nitriles is 1. The number of carbonyl (C=O) groups is 1. The third-order valence-corrected chi connectivity index (χ3v) is 5.97. The van der Waals surface area contributed by atoms with E-state index in [1.165, 1.54) is 11.3 Å². The molecule has 0 bridgehead atoms. The molecular weight excluding hydrogens is 446 g/mol. The summed E-state index contributed by atoms with van der Waals surface area (Å²) in [5, 5.41) is 31.0. The molecule has 0 spiro atoms. The monoisotopic (exact) mass is 467 g/mol. The molecule has 3 aromatic rings. The van der Waals surface area contributed by atoms with Crippen molar-refractivity contribution in [2.75, 3.05) is 29.9 Å². The van der Waals surface area contributed by atoms with Crippen molar-refractivity contribution in [3.63, 3.8) is 0 Å². The van der Waals surface area contributed by atoms with Gasteiger partial charge in [0.25, 0.3) is 5.91 Å². The first-order chi connectivity index (χ1) is 15.5. The van der Waals surface area contributed by atoms with Gasteiger partial charge in [-0.3, -0.25) is 4.79 Å². The maximum absolute atomic E-state index is 12.8. The van der Waals surface area contributed by atoms with Crippen molar-refractivity contribution in [1.29, 1.82) is 5.26 Å². The van der Waals surface area contributed by atoms with E-state index in [0.29, 0.717) is 38.4 Å². The zero-order valence-electron chi connectivity index (χ0n) is 17.7. The number of hydrogen-bond donors (Lipinski definition) is 2. The Morgan fingerprint density at radius 3 is 2.47 bits per heavy atom. The topological polar surface area (TPSA) is 101 Å². The molecule has 9 heteroatoms. The first-order valence-corrected chi connectivity index (χ1v) is 11.1. The third kappa shape index (κ3) is 5.51. The van der Waals surface area contributed by atoms with E-state index >= 15 is 0 Å². The molecule has 0 aliphatic carbocycles. The Balaban J connectivity index is 1.80. The van der Waals surface area contributed by atoms with E-state index in [0.717, 1.165) is 12.2 Å². The average molecular weight is 468 g/mol. The van der Waals surface area contributed by atoms with Crippen LogP contribution in [0.15, 0.2) is 58.8 Å². The van der Waals surface area contributed by atoms with Crippen LogP contribution in [-0.2, 0) is 0 Å². The van der Waals surface area contributed by atoms with Gasteiger partial charge < -0.3 is 15.3 Å². The predicted molar refractivity (Wildman–Crippen MR) is 129 cm³/mol. The fraction of sp³-hybridized carbons (Fsp3) is 0.217. The summed E-state index contributed by atoms with van der Waals surface area (Å²) in [6, 6.07) is 16.3. The van der Waals surface area contributed by atoms with Crippen LogP contribution >= 0.6 is 22.9 Å². The van der Waals surface area contributed by atoms with Gasteiger partial charge in [-0.25, -0.2) is 0 Å². The molecule has 0 radical (unpaired) electrons. The number of aliphatic hydroxyl groups is 1. The summed E-state index contributed by atoms with van der Waals surface area (Å²) in [6.45, 7) is 5.21. The molecule has 0 atom stereocenters.